The van der Waals surface area contributed by atoms with E-state index < -0.39 is 0 Å². The number of rotatable bonds is 10. The number of hydrogen-bond acceptors (Lipinski definition) is 5. The van der Waals surface area contributed by atoms with Gasteiger partial charge in [-0.2, -0.15) is 5.10 Å². The van der Waals surface area contributed by atoms with E-state index in [1.807, 2.05) is 30.3 Å². The average Bonchev–Trinajstić information content (AvgIpc) is 2.82. The molecular formula is C25H27N3O3. The molecule has 1 N–H and O–H groups in total. The van der Waals surface area contributed by atoms with Crippen molar-refractivity contribution in [3.05, 3.63) is 90.0 Å². The molecule has 0 spiro atoms. The summed E-state index contributed by atoms with van der Waals surface area (Å²) in [7, 11) is 1.55. The molecule has 0 fully saturated rings. The molecule has 31 heavy (non-hydrogen) atoms. The number of carbonyl (C=O) groups excluding carboxylic acids is 1. The van der Waals surface area contributed by atoms with E-state index in [2.05, 4.69) is 58.7 Å². The molecule has 0 bridgehead atoms. The number of ether oxygens (including phenoxy) is 2. The van der Waals surface area contributed by atoms with E-state index in [0.717, 1.165) is 24.3 Å². The number of methoxy groups -OCH3 is 1. The van der Waals surface area contributed by atoms with Gasteiger partial charge in [-0.15, -0.1) is 0 Å². The summed E-state index contributed by atoms with van der Waals surface area (Å²) in [6.45, 7) is 3.75. The molecule has 160 valence electrons. The maximum atomic E-state index is 12.0. The lowest BCUT2D eigenvalue weighted by Crippen LogP contribution is -2.24. The zero-order valence-corrected chi connectivity index (χ0v) is 17.8. The first-order chi connectivity index (χ1) is 15.2. The van der Waals surface area contributed by atoms with E-state index in [0.29, 0.717) is 11.5 Å². The monoisotopic (exact) mass is 417 g/mol. The van der Waals surface area contributed by atoms with Gasteiger partial charge in [0.15, 0.2) is 18.1 Å². The van der Waals surface area contributed by atoms with E-state index in [9.17, 15) is 4.79 Å². The highest BCUT2D eigenvalue weighted by Gasteiger charge is 2.07. The highest BCUT2D eigenvalue weighted by molar-refractivity contribution is 5.83. The van der Waals surface area contributed by atoms with Crippen molar-refractivity contribution in [1.82, 2.24) is 5.43 Å². The van der Waals surface area contributed by atoms with E-state index in [1.165, 1.54) is 5.56 Å². The molecule has 0 radical (unpaired) electrons. The SMILES string of the molecule is CCN(Cc1ccccc1)c1ccc(/C=N\NC(=O)COc2ccccc2OC)cc1. The number of hydrogen-bond donors (Lipinski definition) is 1. The third kappa shape index (κ3) is 6.60. The van der Waals surface area contributed by atoms with E-state index >= 15 is 0 Å². The lowest BCUT2D eigenvalue weighted by molar-refractivity contribution is -0.123. The highest BCUT2D eigenvalue weighted by Crippen LogP contribution is 2.25. The molecule has 3 aromatic rings. The van der Waals surface area contributed by atoms with Crippen LogP contribution in [-0.4, -0.2) is 32.4 Å². The van der Waals surface area contributed by atoms with Gasteiger partial charge in [-0.25, -0.2) is 5.43 Å². The molecule has 0 unspecified atom stereocenters. The fourth-order valence-electron chi connectivity index (χ4n) is 3.05. The number of benzene rings is 3. The van der Waals surface area contributed by atoms with Gasteiger partial charge in [0.2, 0.25) is 0 Å². The number of nitrogens with one attached hydrogen (secondary N) is 1. The van der Waals surface area contributed by atoms with Gasteiger partial charge in [0.25, 0.3) is 5.91 Å². The van der Waals surface area contributed by atoms with Crippen molar-refractivity contribution < 1.29 is 14.3 Å². The standard InChI is InChI=1S/C25H27N3O3/c1-3-28(18-21-9-5-4-6-10-21)22-15-13-20(14-16-22)17-26-27-25(29)19-31-24-12-8-7-11-23(24)30-2/h4-17H,3,18-19H2,1-2H3,(H,27,29)/b26-17-. The Balaban J connectivity index is 1.50. The Kier molecular flexibility index (Phi) is 8.05. The van der Waals surface area contributed by atoms with Crippen LogP contribution in [0.5, 0.6) is 11.5 Å². The second-order valence-electron chi connectivity index (χ2n) is 6.82. The van der Waals surface area contributed by atoms with Crippen LogP contribution in [0.2, 0.25) is 0 Å². The van der Waals surface area contributed by atoms with Crippen LogP contribution in [0.1, 0.15) is 18.1 Å². The van der Waals surface area contributed by atoms with Crippen LogP contribution in [0.3, 0.4) is 0 Å². The lowest BCUT2D eigenvalue weighted by Gasteiger charge is -2.23. The Morgan fingerprint density at radius 2 is 1.65 bits per heavy atom. The first kappa shape index (κ1) is 21.9. The predicted octanol–water partition coefficient (Wildman–Crippen LogP) is 4.25. The van der Waals surface area contributed by atoms with Crippen LogP contribution in [0.15, 0.2) is 84.0 Å². The maximum Gasteiger partial charge on any atom is 0.277 e. The predicted molar refractivity (Wildman–Crippen MR) is 124 cm³/mol. The lowest BCUT2D eigenvalue weighted by atomic mass is 10.1. The number of nitrogens with zero attached hydrogens (tertiary/aromatic N) is 2. The van der Waals surface area contributed by atoms with Gasteiger partial charge in [-0.05, 0) is 42.3 Å². The quantitative estimate of drug-likeness (QED) is 0.396. The number of anilines is 1. The van der Waals surface area contributed by atoms with Crippen molar-refractivity contribution in [2.75, 3.05) is 25.2 Å². The molecule has 6 heteroatoms. The Hall–Kier alpha value is -3.80. The number of carbonyl (C=O) groups is 1. The first-order valence-electron chi connectivity index (χ1n) is 10.2. The average molecular weight is 418 g/mol. The summed E-state index contributed by atoms with van der Waals surface area (Å²) in [5, 5.41) is 4.01. The second kappa shape index (κ2) is 11.4. The fraction of sp³-hybridized carbons (Fsp3) is 0.200. The Morgan fingerprint density at radius 1 is 0.968 bits per heavy atom. The Morgan fingerprint density at radius 3 is 2.32 bits per heavy atom. The van der Waals surface area contributed by atoms with E-state index in [-0.39, 0.29) is 12.5 Å². The summed E-state index contributed by atoms with van der Waals surface area (Å²) in [5.74, 6) is 0.738. The topological polar surface area (TPSA) is 63.2 Å². The summed E-state index contributed by atoms with van der Waals surface area (Å²) in [6.07, 6.45) is 1.61. The third-order valence-corrected chi connectivity index (χ3v) is 4.69. The Bertz CT molecular complexity index is 988. The molecule has 3 aromatic carbocycles. The van der Waals surface area contributed by atoms with Gasteiger partial charge in [-0.3, -0.25) is 4.79 Å². The molecule has 0 aromatic heterocycles. The summed E-state index contributed by atoms with van der Waals surface area (Å²) in [6, 6.07) is 25.6. The van der Waals surface area contributed by atoms with Crippen LogP contribution in [0.4, 0.5) is 5.69 Å². The fourth-order valence-corrected chi connectivity index (χ4v) is 3.05. The highest BCUT2D eigenvalue weighted by atomic mass is 16.5. The van der Waals surface area contributed by atoms with Gasteiger partial charge >= 0.3 is 0 Å². The summed E-state index contributed by atoms with van der Waals surface area (Å²) >= 11 is 0. The minimum atomic E-state index is -0.348. The number of para-hydroxylation sites is 2. The van der Waals surface area contributed by atoms with Crippen LogP contribution in [0.25, 0.3) is 0 Å². The van der Waals surface area contributed by atoms with E-state index in [1.54, 1.807) is 25.5 Å². The largest absolute Gasteiger partial charge is 0.493 e. The molecule has 3 rings (SSSR count). The van der Waals surface area contributed by atoms with Crippen molar-refractivity contribution in [3.63, 3.8) is 0 Å². The minimum absolute atomic E-state index is 0.151. The maximum absolute atomic E-state index is 12.0. The Labute approximate surface area is 183 Å². The normalized spacial score (nSPS) is 10.6. The molecule has 0 aliphatic rings. The van der Waals surface area contributed by atoms with Crippen molar-refractivity contribution in [3.8, 4) is 11.5 Å². The first-order valence-corrected chi connectivity index (χ1v) is 10.2. The van der Waals surface area contributed by atoms with Crippen LogP contribution < -0.4 is 19.8 Å². The third-order valence-electron chi connectivity index (χ3n) is 4.69. The van der Waals surface area contributed by atoms with Crippen LogP contribution >= 0.6 is 0 Å². The molecule has 0 aliphatic heterocycles. The molecule has 0 saturated heterocycles. The zero-order chi connectivity index (χ0) is 21.9. The van der Waals surface area contributed by atoms with Gasteiger partial charge in [0.05, 0.1) is 13.3 Å². The van der Waals surface area contributed by atoms with Gasteiger partial charge in [-0.1, -0.05) is 54.6 Å². The summed E-state index contributed by atoms with van der Waals surface area (Å²) < 4.78 is 10.7. The van der Waals surface area contributed by atoms with Crippen molar-refractivity contribution in [2.24, 2.45) is 5.10 Å². The van der Waals surface area contributed by atoms with Gasteiger partial charge in [0.1, 0.15) is 0 Å². The second-order valence-corrected chi connectivity index (χ2v) is 6.82. The van der Waals surface area contributed by atoms with Crippen molar-refractivity contribution >= 4 is 17.8 Å². The van der Waals surface area contributed by atoms with Crippen LogP contribution in [0, 0.1) is 0 Å². The molecule has 0 saturated carbocycles. The molecule has 0 heterocycles. The van der Waals surface area contributed by atoms with Crippen molar-refractivity contribution in [2.45, 2.75) is 13.5 Å². The summed E-state index contributed by atoms with van der Waals surface area (Å²) in [5.41, 5.74) is 5.78. The van der Waals surface area contributed by atoms with Gasteiger partial charge in [0, 0.05) is 18.8 Å². The molecule has 0 atom stereocenters. The molecule has 0 aliphatic carbocycles. The van der Waals surface area contributed by atoms with Gasteiger partial charge < -0.3 is 14.4 Å². The van der Waals surface area contributed by atoms with E-state index in [4.69, 9.17) is 9.47 Å². The summed E-state index contributed by atoms with van der Waals surface area (Å²) in [4.78, 5) is 14.3. The van der Waals surface area contributed by atoms with Crippen molar-refractivity contribution in [1.29, 1.82) is 0 Å². The van der Waals surface area contributed by atoms with Crippen LogP contribution in [-0.2, 0) is 11.3 Å². The molecule has 1 amide bonds. The zero-order valence-electron chi connectivity index (χ0n) is 17.8. The number of amides is 1. The smallest absolute Gasteiger partial charge is 0.277 e. The number of hydrazone groups is 1. The molecule has 6 nitrogen and oxygen atoms in total. The minimum Gasteiger partial charge on any atom is -0.493 e. The molecular weight excluding hydrogens is 390 g/mol.